The standard InChI is InChI=1S/C18H36N2O/c1-6-18(3,4)14-8-9-16(19-7-2)17(12-14)20-11-10-15(13-20)21-5/h14-17,19H,6-13H2,1-5H3. The average Bonchev–Trinajstić information content (AvgIpc) is 2.96. The molecule has 21 heavy (non-hydrogen) atoms. The lowest BCUT2D eigenvalue weighted by molar-refractivity contribution is 0.0479. The highest BCUT2D eigenvalue weighted by Gasteiger charge is 2.41. The second-order valence-electron chi connectivity index (χ2n) is 7.72. The topological polar surface area (TPSA) is 24.5 Å². The molecule has 2 aliphatic rings. The summed E-state index contributed by atoms with van der Waals surface area (Å²) in [5.74, 6) is 0.865. The van der Waals surface area contributed by atoms with Gasteiger partial charge in [-0.1, -0.05) is 34.1 Å². The summed E-state index contributed by atoms with van der Waals surface area (Å²) >= 11 is 0. The summed E-state index contributed by atoms with van der Waals surface area (Å²) in [7, 11) is 1.86. The zero-order valence-electron chi connectivity index (χ0n) is 14.8. The molecule has 3 heteroatoms. The summed E-state index contributed by atoms with van der Waals surface area (Å²) < 4.78 is 5.58. The van der Waals surface area contributed by atoms with Crippen molar-refractivity contribution < 1.29 is 4.74 Å². The van der Waals surface area contributed by atoms with Crippen molar-refractivity contribution in [2.24, 2.45) is 11.3 Å². The first-order valence-corrected chi connectivity index (χ1v) is 9.02. The molecule has 1 aliphatic carbocycles. The number of nitrogens with one attached hydrogen (secondary N) is 1. The van der Waals surface area contributed by atoms with Crippen molar-refractivity contribution in [3.05, 3.63) is 0 Å². The third-order valence-electron chi connectivity index (χ3n) is 6.28. The maximum Gasteiger partial charge on any atom is 0.0710 e. The molecule has 2 rings (SSSR count). The molecule has 124 valence electrons. The molecule has 3 nitrogen and oxygen atoms in total. The molecule has 1 saturated carbocycles. The Morgan fingerprint density at radius 1 is 1.19 bits per heavy atom. The molecule has 2 fully saturated rings. The van der Waals surface area contributed by atoms with Crippen LogP contribution >= 0.6 is 0 Å². The molecule has 0 radical (unpaired) electrons. The molecular weight excluding hydrogens is 260 g/mol. The highest BCUT2D eigenvalue weighted by atomic mass is 16.5. The lowest BCUT2D eigenvalue weighted by Crippen LogP contribution is -2.54. The lowest BCUT2D eigenvalue weighted by atomic mass is 9.67. The maximum absolute atomic E-state index is 5.58. The first-order chi connectivity index (χ1) is 10.0. The van der Waals surface area contributed by atoms with Crippen LogP contribution in [0.3, 0.4) is 0 Å². The summed E-state index contributed by atoms with van der Waals surface area (Å²) in [6.45, 7) is 12.9. The van der Waals surface area contributed by atoms with Gasteiger partial charge in [-0.25, -0.2) is 0 Å². The Kier molecular flexibility index (Phi) is 6.10. The summed E-state index contributed by atoms with van der Waals surface area (Å²) in [6.07, 6.45) is 7.02. The molecule has 0 spiro atoms. The van der Waals surface area contributed by atoms with Crippen molar-refractivity contribution in [2.75, 3.05) is 26.7 Å². The van der Waals surface area contributed by atoms with Crippen LogP contribution in [0.2, 0.25) is 0 Å². The fourth-order valence-corrected chi connectivity index (χ4v) is 4.30. The van der Waals surface area contributed by atoms with E-state index in [9.17, 15) is 0 Å². The van der Waals surface area contributed by atoms with Crippen molar-refractivity contribution in [2.45, 2.75) is 78.0 Å². The Bertz CT molecular complexity index is 318. The van der Waals surface area contributed by atoms with E-state index in [0.717, 1.165) is 19.0 Å². The molecule has 0 aromatic carbocycles. The normalized spacial score (nSPS) is 35.3. The van der Waals surface area contributed by atoms with Gasteiger partial charge < -0.3 is 10.1 Å². The number of hydrogen-bond acceptors (Lipinski definition) is 3. The Morgan fingerprint density at radius 2 is 1.95 bits per heavy atom. The number of rotatable bonds is 6. The van der Waals surface area contributed by atoms with Gasteiger partial charge in [-0.05, 0) is 43.6 Å². The zero-order valence-corrected chi connectivity index (χ0v) is 14.8. The fraction of sp³-hybridized carbons (Fsp3) is 1.00. The molecular formula is C18H36N2O. The summed E-state index contributed by atoms with van der Waals surface area (Å²) in [5, 5.41) is 3.75. The predicted octanol–water partition coefficient (Wildman–Crippen LogP) is 3.29. The van der Waals surface area contributed by atoms with Gasteiger partial charge in [-0.2, -0.15) is 0 Å². The van der Waals surface area contributed by atoms with Crippen LogP contribution in [0.5, 0.6) is 0 Å². The molecule has 0 aromatic heterocycles. The number of ether oxygens (including phenoxy) is 1. The van der Waals surface area contributed by atoms with E-state index in [4.69, 9.17) is 4.74 Å². The van der Waals surface area contributed by atoms with Gasteiger partial charge in [0.2, 0.25) is 0 Å². The molecule has 1 saturated heterocycles. The summed E-state index contributed by atoms with van der Waals surface area (Å²) in [6, 6.07) is 1.38. The van der Waals surface area contributed by atoms with Crippen molar-refractivity contribution >= 4 is 0 Å². The quantitative estimate of drug-likeness (QED) is 0.814. The minimum atomic E-state index is 0.451. The SMILES string of the molecule is CCNC1CCC(C(C)(C)CC)CC1N1CCC(OC)C1. The Labute approximate surface area is 131 Å². The second-order valence-corrected chi connectivity index (χ2v) is 7.72. The Hall–Kier alpha value is -0.120. The second kappa shape index (κ2) is 7.43. The van der Waals surface area contributed by atoms with Gasteiger partial charge in [-0.3, -0.25) is 4.90 Å². The minimum Gasteiger partial charge on any atom is -0.380 e. The van der Waals surface area contributed by atoms with Crippen LogP contribution in [0.25, 0.3) is 0 Å². The monoisotopic (exact) mass is 296 g/mol. The molecule has 1 heterocycles. The molecule has 0 bridgehead atoms. The summed E-state index contributed by atoms with van der Waals surface area (Å²) in [4.78, 5) is 2.71. The van der Waals surface area contributed by atoms with Crippen LogP contribution < -0.4 is 5.32 Å². The van der Waals surface area contributed by atoms with Gasteiger partial charge in [0.25, 0.3) is 0 Å². The van der Waals surface area contributed by atoms with Crippen molar-refractivity contribution in [1.29, 1.82) is 0 Å². The van der Waals surface area contributed by atoms with Crippen LogP contribution in [0.4, 0.5) is 0 Å². The number of methoxy groups -OCH3 is 1. The van der Waals surface area contributed by atoms with Gasteiger partial charge in [-0.15, -0.1) is 0 Å². The van der Waals surface area contributed by atoms with Crippen molar-refractivity contribution in [3.63, 3.8) is 0 Å². The van der Waals surface area contributed by atoms with E-state index in [1.165, 1.54) is 38.6 Å². The third-order valence-corrected chi connectivity index (χ3v) is 6.28. The minimum absolute atomic E-state index is 0.451. The van der Waals surface area contributed by atoms with Crippen molar-refractivity contribution in [3.8, 4) is 0 Å². The third kappa shape index (κ3) is 4.00. The Morgan fingerprint density at radius 3 is 2.52 bits per heavy atom. The van der Waals surface area contributed by atoms with Gasteiger partial charge >= 0.3 is 0 Å². The smallest absolute Gasteiger partial charge is 0.0710 e. The fourth-order valence-electron chi connectivity index (χ4n) is 4.30. The average molecular weight is 296 g/mol. The highest BCUT2D eigenvalue weighted by molar-refractivity contribution is 4.96. The molecule has 4 atom stereocenters. The number of likely N-dealkylation sites (tertiary alicyclic amines) is 1. The molecule has 1 aliphatic heterocycles. The molecule has 0 amide bonds. The van der Waals surface area contributed by atoms with Crippen molar-refractivity contribution in [1.82, 2.24) is 10.2 Å². The van der Waals surface area contributed by atoms with E-state index in [-0.39, 0.29) is 0 Å². The van der Waals surface area contributed by atoms with Crippen LogP contribution in [-0.2, 0) is 4.74 Å². The predicted molar refractivity (Wildman–Crippen MR) is 89.7 cm³/mol. The first-order valence-electron chi connectivity index (χ1n) is 9.02. The zero-order chi connectivity index (χ0) is 15.5. The van der Waals surface area contributed by atoms with Gasteiger partial charge in [0, 0.05) is 32.3 Å². The lowest BCUT2D eigenvalue weighted by Gasteiger charge is -2.46. The molecule has 4 unspecified atom stereocenters. The molecule has 0 aromatic rings. The first kappa shape index (κ1) is 17.2. The maximum atomic E-state index is 5.58. The van der Waals surface area contributed by atoms with Gasteiger partial charge in [0.1, 0.15) is 0 Å². The van der Waals surface area contributed by atoms with E-state index in [1.54, 1.807) is 0 Å². The van der Waals surface area contributed by atoms with E-state index in [0.29, 0.717) is 23.6 Å². The highest BCUT2D eigenvalue weighted by Crippen LogP contribution is 2.42. The van der Waals surface area contributed by atoms with E-state index in [1.807, 2.05) is 7.11 Å². The van der Waals surface area contributed by atoms with Gasteiger partial charge in [0.05, 0.1) is 6.10 Å². The van der Waals surface area contributed by atoms with Crippen LogP contribution in [0.15, 0.2) is 0 Å². The number of likely N-dealkylation sites (N-methyl/N-ethyl adjacent to an activating group) is 1. The number of hydrogen-bond donors (Lipinski definition) is 1. The van der Waals surface area contributed by atoms with E-state index < -0.39 is 0 Å². The molecule has 1 N–H and O–H groups in total. The number of nitrogens with zero attached hydrogens (tertiary/aromatic N) is 1. The largest absolute Gasteiger partial charge is 0.380 e. The van der Waals surface area contributed by atoms with E-state index in [2.05, 4.69) is 37.9 Å². The summed E-state index contributed by atoms with van der Waals surface area (Å²) in [5.41, 5.74) is 0.482. The van der Waals surface area contributed by atoms with Crippen LogP contribution in [0, 0.1) is 11.3 Å². The van der Waals surface area contributed by atoms with Crippen LogP contribution in [0.1, 0.15) is 59.8 Å². The Balaban J connectivity index is 2.05. The van der Waals surface area contributed by atoms with E-state index >= 15 is 0 Å². The van der Waals surface area contributed by atoms with Gasteiger partial charge in [0.15, 0.2) is 0 Å². The van der Waals surface area contributed by atoms with Crippen LogP contribution in [-0.4, -0.2) is 49.8 Å².